The van der Waals surface area contributed by atoms with E-state index in [0.29, 0.717) is 5.69 Å². The van der Waals surface area contributed by atoms with Gasteiger partial charge in [0.25, 0.3) is 0 Å². The van der Waals surface area contributed by atoms with Crippen LogP contribution in [0, 0.1) is 0 Å². The monoisotopic (exact) mass is 470 g/mol. The molecular weight excluding hydrogens is 444 g/mol. The van der Waals surface area contributed by atoms with Gasteiger partial charge >= 0.3 is 12.1 Å². The van der Waals surface area contributed by atoms with Gasteiger partial charge in [-0.1, -0.05) is 66.7 Å². The first-order chi connectivity index (χ1) is 16.9. The number of amides is 2. The summed E-state index contributed by atoms with van der Waals surface area (Å²) in [4.78, 5) is 38.7. The number of hydrogen-bond donors (Lipinski definition) is 2. The molecule has 3 aromatic rings. The number of benzene rings is 3. The molecule has 0 saturated heterocycles. The lowest BCUT2D eigenvalue weighted by atomic mass is 9.98. The zero-order valence-corrected chi connectivity index (χ0v) is 19.3. The van der Waals surface area contributed by atoms with Crippen molar-refractivity contribution in [2.75, 3.05) is 11.5 Å². The summed E-state index contributed by atoms with van der Waals surface area (Å²) in [6.45, 7) is 1.89. The molecule has 3 aromatic carbocycles. The predicted molar refractivity (Wildman–Crippen MR) is 131 cm³/mol. The molecule has 0 unspecified atom stereocenters. The van der Waals surface area contributed by atoms with Crippen molar-refractivity contribution in [2.45, 2.75) is 37.8 Å². The molecule has 0 aromatic heterocycles. The summed E-state index contributed by atoms with van der Waals surface area (Å²) >= 11 is 0. The third-order valence-corrected chi connectivity index (χ3v) is 6.72. The van der Waals surface area contributed by atoms with Gasteiger partial charge in [-0.05, 0) is 40.8 Å². The summed E-state index contributed by atoms with van der Waals surface area (Å²) in [6.07, 6.45) is -0.378. The number of hydrogen-bond acceptors (Lipinski definition) is 4. The second-order valence-corrected chi connectivity index (χ2v) is 9.03. The fraction of sp³-hybridized carbons (Fsp3) is 0.250. The van der Waals surface area contributed by atoms with Crippen LogP contribution in [0.2, 0.25) is 0 Å². The van der Waals surface area contributed by atoms with E-state index in [0.717, 1.165) is 27.8 Å². The van der Waals surface area contributed by atoms with Crippen LogP contribution in [0.25, 0.3) is 11.1 Å². The number of rotatable bonds is 6. The van der Waals surface area contributed by atoms with Crippen molar-refractivity contribution in [3.8, 4) is 11.1 Å². The predicted octanol–water partition coefficient (Wildman–Crippen LogP) is 4.35. The van der Waals surface area contributed by atoms with Gasteiger partial charge in [0.15, 0.2) is 0 Å². The Kier molecular flexibility index (Phi) is 5.99. The van der Waals surface area contributed by atoms with Gasteiger partial charge in [0.05, 0.1) is 0 Å². The molecule has 0 fully saturated rings. The maximum atomic E-state index is 13.0. The Labute approximate surface area is 203 Å². The number of carbonyl (C=O) groups is 3. The van der Waals surface area contributed by atoms with Crippen LogP contribution in [-0.2, 0) is 20.7 Å². The van der Waals surface area contributed by atoms with Crippen molar-refractivity contribution < 1.29 is 24.2 Å². The molecule has 35 heavy (non-hydrogen) atoms. The van der Waals surface area contributed by atoms with Crippen molar-refractivity contribution in [1.82, 2.24) is 5.32 Å². The van der Waals surface area contributed by atoms with E-state index < -0.39 is 24.1 Å². The van der Waals surface area contributed by atoms with Gasteiger partial charge in [0, 0.05) is 30.5 Å². The molecule has 0 saturated carbocycles. The van der Waals surface area contributed by atoms with Gasteiger partial charge < -0.3 is 15.2 Å². The number of carbonyl (C=O) groups excluding carboxylic acids is 2. The molecule has 1 heterocycles. The first-order valence-corrected chi connectivity index (χ1v) is 11.7. The number of aliphatic carboxylic acids is 1. The van der Waals surface area contributed by atoms with Gasteiger partial charge in [0.2, 0.25) is 5.91 Å². The molecule has 178 valence electrons. The fourth-order valence-corrected chi connectivity index (χ4v) is 5.14. The second-order valence-electron chi connectivity index (χ2n) is 9.03. The minimum Gasteiger partial charge on any atom is -0.480 e. The summed E-state index contributed by atoms with van der Waals surface area (Å²) in [7, 11) is 0. The SMILES string of the molecule is C[C@@H](CC(=O)N1c2ccccc2C[C@H]1C(=O)O)NC(=O)OCC1c2ccccc2-c2ccccc21. The maximum absolute atomic E-state index is 13.0. The molecule has 0 radical (unpaired) electrons. The summed E-state index contributed by atoms with van der Waals surface area (Å²) in [5.74, 6) is -1.46. The lowest BCUT2D eigenvalue weighted by Crippen LogP contribution is -2.45. The molecule has 5 rings (SSSR count). The highest BCUT2D eigenvalue weighted by Gasteiger charge is 2.38. The Morgan fingerprint density at radius 3 is 2.23 bits per heavy atom. The number of para-hydroxylation sites is 1. The molecule has 7 heteroatoms. The van der Waals surface area contributed by atoms with E-state index in [1.54, 1.807) is 19.1 Å². The highest BCUT2D eigenvalue weighted by Crippen LogP contribution is 2.44. The normalized spacial score (nSPS) is 16.7. The van der Waals surface area contributed by atoms with Crippen LogP contribution in [0.1, 0.15) is 36.0 Å². The topological polar surface area (TPSA) is 95.9 Å². The number of fused-ring (bicyclic) bond motifs is 4. The average Bonchev–Trinajstić information content (AvgIpc) is 3.39. The van der Waals surface area contributed by atoms with Gasteiger partial charge in [-0.3, -0.25) is 9.69 Å². The first-order valence-electron chi connectivity index (χ1n) is 11.7. The Morgan fingerprint density at radius 2 is 1.57 bits per heavy atom. The Balaban J connectivity index is 1.21. The van der Waals surface area contributed by atoms with Crippen molar-refractivity contribution in [3.63, 3.8) is 0 Å². The largest absolute Gasteiger partial charge is 0.480 e. The molecule has 7 nitrogen and oxygen atoms in total. The minimum absolute atomic E-state index is 0.0394. The van der Waals surface area contributed by atoms with E-state index in [2.05, 4.69) is 29.6 Å². The number of anilines is 1. The van der Waals surface area contributed by atoms with Crippen molar-refractivity contribution >= 4 is 23.7 Å². The van der Waals surface area contributed by atoms with Crippen LogP contribution in [0.15, 0.2) is 72.8 Å². The molecule has 1 aliphatic heterocycles. The van der Waals surface area contributed by atoms with Crippen LogP contribution in [0.3, 0.4) is 0 Å². The highest BCUT2D eigenvalue weighted by molar-refractivity contribution is 6.02. The minimum atomic E-state index is -1.05. The first kappa shape index (κ1) is 22.7. The number of carboxylic acid groups (broad SMARTS) is 1. The van der Waals surface area contributed by atoms with E-state index in [9.17, 15) is 19.5 Å². The highest BCUT2D eigenvalue weighted by atomic mass is 16.5. The van der Waals surface area contributed by atoms with Gasteiger partial charge in [-0.2, -0.15) is 0 Å². The molecule has 0 bridgehead atoms. The summed E-state index contributed by atoms with van der Waals surface area (Å²) in [6, 6.07) is 21.9. The molecule has 0 spiro atoms. The van der Waals surface area contributed by atoms with E-state index in [4.69, 9.17) is 4.74 Å². The lowest BCUT2D eigenvalue weighted by molar-refractivity contribution is -0.140. The molecule has 2 aliphatic rings. The van der Waals surface area contributed by atoms with Crippen molar-refractivity contribution in [1.29, 1.82) is 0 Å². The van der Waals surface area contributed by atoms with E-state index >= 15 is 0 Å². The van der Waals surface area contributed by atoms with Crippen molar-refractivity contribution in [3.05, 3.63) is 89.5 Å². The Hall–Kier alpha value is -4.13. The van der Waals surface area contributed by atoms with Crippen molar-refractivity contribution in [2.24, 2.45) is 0 Å². The van der Waals surface area contributed by atoms with E-state index in [1.165, 1.54) is 4.90 Å². The second kappa shape index (κ2) is 9.25. The van der Waals surface area contributed by atoms with Gasteiger partial charge in [0.1, 0.15) is 12.6 Å². The quantitative estimate of drug-likeness (QED) is 0.559. The molecule has 2 N–H and O–H groups in total. The van der Waals surface area contributed by atoms with Gasteiger partial charge in [-0.25, -0.2) is 9.59 Å². The maximum Gasteiger partial charge on any atom is 0.407 e. The van der Waals surface area contributed by atoms with Crippen LogP contribution >= 0.6 is 0 Å². The third-order valence-electron chi connectivity index (χ3n) is 6.72. The van der Waals surface area contributed by atoms with Crippen LogP contribution < -0.4 is 10.2 Å². The number of alkyl carbamates (subject to hydrolysis) is 1. The van der Waals surface area contributed by atoms with Crippen LogP contribution in [0.5, 0.6) is 0 Å². The third kappa shape index (κ3) is 4.25. The zero-order valence-electron chi connectivity index (χ0n) is 19.3. The summed E-state index contributed by atoms with van der Waals surface area (Å²) < 4.78 is 5.56. The van der Waals surface area contributed by atoms with Gasteiger partial charge in [-0.15, -0.1) is 0 Å². The molecule has 2 amide bonds. The number of nitrogens with zero attached hydrogens (tertiary/aromatic N) is 1. The van der Waals surface area contributed by atoms with E-state index in [1.807, 2.05) is 36.4 Å². The fourth-order valence-electron chi connectivity index (χ4n) is 5.14. The summed E-state index contributed by atoms with van der Waals surface area (Å²) in [5, 5.41) is 12.3. The number of nitrogens with one attached hydrogen (secondary N) is 1. The molecule has 1 aliphatic carbocycles. The number of ether oxygens (including phenoxy) is 1. The molecular formula is C28H26N2O5. The molecule has 2 atom stereocenters. The van der Waals surface area contributed by atoms with Crippen LogP contribution in [0.4, 0.5) is 10.5 Å². The Bertz CT molecular complexity index is 1260. The van der Waals surface area contributed by atoms with E-state index in [-0.39, 0.29) is 31.3 Å². The summed E-state index contributed by atoms with van der Waals surface area (Å²) in [5.41, 5.74) is 5.97. The Morgan fingerprint density at radius 1 is 0.971 bits per heavy atom. The lowest BCUT2D eigenvalue weighted by Gasteiger charge is -2.24. The zero-order chi connectivity index (χ0) is 24.5. The standard InChI is InChI=1S/C28H26N2O5/c1-17(14-26(31)30-24-13-7-2-8-18(24)15-25(30)27(32)33)29-28(34)35-16-23-21-11-5-3-9-19(21)20-10-4-6-12-22(20)23/h2-13,17,23,25H,14-16H2,1H3,(H,29,34)(H,32,33)/t17-,25-/m0/s1. The number of carboxylic acids is 1. The van der Waals surface area contributed by atoms with Crippen LogP contribution in [-0.4, -0.2) is 41.8 Å². The average molecular weight is 471 g/mol. The smallest absolute Gasteiger partial charge is 0.407 e.